The second-order valence-corrected chi connectivity index (χ2v) is 1.95. The summed E-state index contributed by atoms with van der Waals surface area (Å²) in [5, 5.41) is 8.55. The molecule has 1 aromatic heterocycles. The number of nitrogens with zero attached hydrogens (tertiary/aromatic N) is 1. The van der Waals surface area contributed by atoms with E-state index in [1.165, 1.54) is 0 Å². The molecule has 1 heterocycles. The van der Waals surface area contributed by atoms with Crippen LogP contribution in [-0.4, -0.2) is 21.3 Å². The standard InChI is InChI=1S/C5H5F3N2O/c6-5(7,8)4(11)3-1-9-2-10-3/h1-2,4,11H,(H,9,10)/t4-/m1/s1. The first-order valence-corrected chi connectivity index (χ1v) is 2.75. The van der Waals surface area contributed by atoms with Gasteiger partial charge in [0.1, 0.15) is 0 Å². The minimum absolute atomic E-state index is 0.350. The molecule has 0 radical (unpaired) electrons. The van der Waals surface area contributed by atoms with Crippen LogP contribution in [0.2, 0.25) is 0 Å². The van der Waals surface area contributed by atoms with Crippen LogP contribution in [-0.2, 0) is 0 Å². The number of aromatic nitrogens is 2. The van der Waals surface area contributed by atoms with Gasteiger partial charge in [-0.15, -0.1) is 0 Å². The van der Waals surface area contributed by atoms with Gasteiger partial charge in [0, 0.05) is 0 Å². The van der Waals surface area contributed by atoms with Crippen LogP contribution < -0.4 is 0 Å². The van der Waals surface area contributed by atoms with Gasteiger partial charge in [-0.25, -0.2) is 4.98 Å². The highest BCUT2D eigenvalue weighted by Crippen LogP contribution is 2.30. The molecular weight excluding hydrogens is 161 g/mol. The zero-order chi connectivity index (χ0) is 8.48. The Bertz CT molecular complexity index is 218. The van der Waals surface area contributed by atoms with E-state index in [0.717, 1.165) is 12.5 Å². The molecule has 0 spiro atoms. The molecule has 0 saturated carbocycles. The summed E-state index contributed by atoms with van der Waals surface area (Å²) in [7, 11) is 0. The first-order chi connectivity index (χ1) is 5.02. The minimum atomic E-state index is -4.63. The quantitative estimate of drug-likeness (QED) is 0.653. The molecule has 0 fully saturated rings. The van der Waals surface area contributed by atoms with Crippen molar-refractivity contribution in [2.24, 2.45) is 0 Å². The summed E-state index contributed by atoms with van der Waals surface area (Å²) in [6, 6.07) is 0. The molecule has 1 atom stereocenters. The molecule has 2 N–H and O–H groups in total. The van der Waals surface area contributed by atoms with Crippen molar-refractivity contribution in [1.82, 2.24) is 9.97 Å². The normalized spacial score (nSPS) is 14.9. The molecule has 3 nitrogen and oxygen atoms in total. The fourth-order valence-corrected chi connectivity index (χ4v) is 0.592. The predicted octanol–water partition coefficient (Wildman–Crippen LogP) is 1.01. The summed E-state index contributed by atoms with van der Waals surface area (Å²) >= 11 is 0. The SMILES string of the molecule is O[C@H](c1cnc[nH]1)C(F)(F)F. The number of imidazole rings is 1. The van der Waals surface area contributed by atoms with Crippen LogP contribution in [0.5, 0.6) is 0 Å². The van der Waals surface area contributed by atoms with Crippen molar-refractivity contribution in [3.05, 3.63) is 18.2 Å². The largest absolute Gasteiger partial charge is 0.420 e. The monoisotopic (exact) mass is 166 g/mol. The van der Waals surface area contributed by atoms with Crippen LogP contribution in [0.1, 0.15) is 11.8 Å². The predicted molar refractivity (Wildman–Crippen MR) is 29.6 cm³/mol. The number of aliphatic hydroxyl groups excluding tert-OH is 1. The molecule has 1 aromatic rings. The van der Waals surface area contributed by atoms with E-state index in [-0.39, 0.29) is 5.69 Å². The zero-order valence-electron chi connectivity index (χ0n) is 5.26. The average molecular weight is 166 g/mol. The Kier molecular flexibility index (Phi) is 1.86. The van der Waals surface area contributed by atoms with Crippen LogP contribution in [0.15, 0.2) is 12.5 Å². The molecule has 0 aliphatic heterocycles. The Labute approximate surface area is 59.9 Å². The van der Waals surface area contributed by atoms with Crippen LogP contribution in [0.4, 0.5) is 13.2 Å². The van der Waals surface area contributed by atoms with Crippen LogP contribution in [0.25, 0.3) is 0 Å². The van der Waals surface area contributed by atoms with E-state index in [2.05, 4.69) is 9.97 Å². The number of halogens is 3. The highest BCUT2D eigenvalue weighted by atomic mass is 19.4. The Morgan fingerprint density at radius 2 is 2.18 bits per heavy atom. The van der Waals surface area contributed by atoms with E-state index >= 15 is 0 Å². The summed E-state index contributed by atoms with van der Waals surface area (Å²) in [5.41, 5.74) is -0.350. The molecule has 0 amide bonds. The fourth-order valence-electron chi connectivity index (χ4n) is 0.592. The second-order valence-electron chi connectivity index (χ2n) is 1.95. The van der Waals surface area contributed by atoms with Crippen molar-refractivity contribution in [2.45, 2.75) is 12.3 Å². The molecule has 0 aromatic carbocycles. The van der Waals surface area contributed by atoms with Crippen LogP contribution in [0.3, 0.4) is 0 Å². The van der Waals surface area contributed by atoms with Gasteiger partial charge in [-0.05, 0) is 0 Å². The number of nitrogens with one attached hydrogen (secondary N) is 1. The number of H-pyrrole nitrogens is 1. The smallest absolute Gasteiger partial charge is 0.378 e. The second kappa shape index (κ2) is 2.54. The molecule has 0 saturated heterocycles. The first-order valence-electron chi connectivity index (χ1n) is 2.75. The third kappa shape index (κ3) is 1.70. The van der Waals surface area contributed by atoms with Gasteiger partial charge in [0.2, 0.25) is 0 Å². The van der Waals surface area contributed by atoms with Gasteiger partial charge < -0.3 is 10.1 Å². The Hall–Kier alpha value is -1.04. The maximum absolute atomic E-state index is 11.7. The van der Waals surface area contributed by atoms with E-state index in [0.29, 0.717) is 0 Å². The van der Waals surface area contributed by atoms with Crippen molar-refractivity contribution in [2.75, 3.05) is 0 Å². The van der Waals surface area contributed by atoms with Gasteiger partial charge >= 0.3 is 6.18 Å². The van der Waals surface area contributed by atoms with Crippen molar-refractivity contribution in [3.63, 3.8) is 0 Å². The van der Waals surface area contributed by atoms with Crippen LogP contribution >= 0.6 is 0 Å². The topological polar surface area (TPSA) is 48.9 Å². The Morgan fingerprint density at radius 3 is 2.55 bits per heavy atom. The molecule has 6 heteroatoms. The number of rotatable bonds is 1. The van der Waals surface area contributed by atoms with E-state index < -0.39 is 12.3 Å². The lowest BCUT2D eigenvalue weighted by Crippen LogP contribution is -2.20. The number of alkyl halides is 3. The third-order valence-corrected chi connectivity index (χ3v) is 1.12. The van der Waals surface area contributed by atoms with Crippen molar-refractivity contribution >= 4 is 0 Å². The Morgan fingerprint density at radius 1 is 1.55 bits per heavy atom. The fraction of sp³-hybridized carbons (Fsp3) is 0.400. The van der Waals surface area contributed by atoms with Gasteiger partial charge in [-0.2, -0.15) is 13.2 Å². The molecule has 0 aliphatic rings. The minimum Gasteiger partial charge on any atom is -0.378 e. The lowest BCUT2D eigenvalue weighted by Gasteiger charge is -2.11. The van der Waals surface area contributed by atoms with Gasteiger partial charge in [0.25, 0.3) is 0 Å². The van der Waals surface area contributed by atoms with E-state index in [1.54, 1.807) is 0 Å². The number of aliphatic hydroxyl groups is 1. The number of hydrogen-bond acceptors (Lipinski definition) is 2. The first kappa shape index (κ1) is 8.06. The summed E-state index contributed by atoms with van der Waals surface area (Å²) in [5.74, 6) is 0. The molecule has 0 unspecified atom stereocenters. The maximum Gasteiger partial charge on any atom is 0.420 e. The van der Waals surface area contributed by atoms with Crippen molar-refractivity contribution < 1.29 is 18.3 Å². The van der Waals surface area contributed by atoms with E-state index in [1.807, 2.05) is 0 Å². The van der Waals surface area contributed by atoms with Gasteiger partial charge in [-0.1, -0.05) is 0 Å². The molecule has 0 bridgehead atoms. The summed E-state index contributed by atoms with van der Waals surface area (Å²) < 4.78 is 35.1. The maximum atomic E-state index is 11.7. The van der Waals surface area contributed by atoms with Crippen molar-refractivity contribution in [1.29, 1.82) is 0 Å². The summed E-state index contributed by atoms with van der Waals surface area (Å²) in [6.45, 7) is 0. The summed E-state index contributed by atoms with van der Waals surface area (Å²) in [6.07, 6.45) is -5.10. The Balaban J connectivity index is 2.78. The van der Waals surface area contributed by atoms with Crippen molar-refractivity contribution in [3.8, 4) is 0 Å². The van der Waals surface area contributed by atoms with Gasteiger partial charge in [0.05, 0.1) is 18.2 Å². The average Bonchev–Trinajstić information content (AvgIpc) is 2.34. The van der Waals surface area contributed by atoms with E-state index in [9.17, 15) is 13.2 Å². The van der Waals surface area contributed by atoms with Crippen LogP contribution in [0, 0.1) is 0 Å². The zero-order valence-corrected chi connectivity index (χ0v) is 5.26. The lowest BCUT2D eigenvalue weighted by molar-refractivity contribution is -0.207. The molecule has 1 rings (SSSR count). The highest BCUT2D eigenvalue weighted by molar-refractivity contribution is 5.01. The van der Waals surface area contributed by atoms with Gasteiger partial charge in [0.15, 0.2) is 6.10 Å². The molecular formula is C5H5F3N2O. The third-order valence-electron chi connectivity index (χ3n) is 1.12. The number of hydrogen-bond donors (Lipinski definition) is 2. The lowest BCUT2D eigenvalue weighted by atomic mass is 10.3. The number of aromatic amines is 1. The molecule has 0 aliphatic carbocycles. The highest BCUT2D eigenvalue weighted by Gasteiger charge is 2.40. The summed E-state index contributed by atoms with van der Waals surface area (Å²) in [4.78, 5) is 5.50. The van der Waals surface area contributed by atoms with Gasteiger partial charge in [-0.3, -0.25) is 0 Å². The molecule has 11 heavy (non-hydrogen) atoms. The van der Waals surface area contributed by atoms with E-state index in [4.69, 9.17) is 5.11 Å². The molecule has 62 valence electrons.